The molecule has 1 aliphatic rings. The van der Waals surface area contributed by atoms with Gasteiger partial charge in [0.15, 0.2) is 5.96 Å². The van der Waals surface area contributed by atoms with Gasteiger partial charge in [0.25, 0.3) is 0 Å². The number of hydrogen-bond donors (Lipinski definition) is 1. The molecule has 1 unspecified atom stereocenters. The molecule has 0 aliphatic carbocycles. The predicted molar refractivity (Wildman–Crippen MR) is 115 cm³/mol. The highest BCUT2D eigenvalue weighted by molar-refractivity contribution is 7.25. The number of thiophene rings is 1. The predicted octanol–water partition coefficient (Wildman–Crippen LogP) is 4.12. The highest BCUT2D eigenvalue weighted by Crippen LogP contribution is 2.38. The molecule has 1 aromatic heterocycles. The van der Waals surface area contributed by atoms with Crippen molar-refractivity contribution < 1.29 is 4.79 Å². The molecule has 0 spiro atoms. The number of guanidine groups is 1. The Labute approximate surface area is 163 Å². The van der Waals surface area contributed by atoms with Crippen molar-refractivity contribution in [1.29, 1.82) is 0 Å². The van der Waals surface area contributed by atoms with Crippen LogP contribution in [0.5, 0.6) is 0 Å². The average molecular weight is 381 g/mol. The van der Waals surface area contributed by atoms with Crippen molar-refractivity contribution in [2.45, 2.75) is 26.3 Å². The summed E-state index contributed by atoms with van der Waals surface area (Å²) >= 11 is 1.80. The molecular weight excluding hydrogens is 356 g/mol. The minimum atomic E-state index is -0.209. The molecule has 0 fully saturated rings. The Bertz CT molecular complexity index is 1050. The van der Waals surface area contributed by atoms with Crippen LogP contribution >= 0.6 is 11.3 Å². The molecule has 6 heteroatoms. The number of aliphatic imine (C=N–C) groups is 1. The van der Waals surface area contributed by atoms with E-state index >= 15 is 0 Å². The van der Waals surface area contributed by atoms with Gasteiger partial charge in [0.2, 0.25) is 5.91 Å². The monoisotopic (exact) mass is 380 g/mol. The van der Waals surface area contributed by atoms with Crippen molar-refractivity contribution in [3.8, 4) is 0 Å². The largest absolute Gasteiger partial charge is 0.372 e. The van der Waals surface area contributed by atoms with Crippen molar-refractivity contribution in [2.24, 2.45) is 10.7 Å². The fourth-order valence-corrected chi connectivity index (χ4v) is 4.76. The number of carbonyl (C=O) groups excluding carboxylic acids is 1. The molecule has 27 heavy (non-hydrogen) atoms. The summed E-state index contributed by atoms with van der Waals surface area (Å²) in [5.41, 5.74) is 8.20. The van der Waals surface area contributed by atoms with Gasteiger partial charge in [-0.25, -0.2) is 4.99 Å². The van der Waals surface area contributed by atoms with Crippen molar-refractivity contribution in [3.63, 3.8) is 0 Å². The quantitative estimate of drug-likeness (QED) is 0.741. The summed E-state index contributed by atoms with van der Waals surface area (Å²) in [4.78, 5) is 20.5. The maximum atomic E-state index is 12.2. The Morgan fingerprint density at radius 2 is 1.81 bits per heavy atom. The molecular formula is C21H24N4OS. The zero-order chi connectivity index (χ0) is 19.1. The lowest BCUT2D eigenvalue weighted by molar-refractivity contribution is -0.127. The molecule has 2 heterocycles. The first kappa shape index (κ1) is 17.8. The molecule has 0 saturated carbocycles. The van der Waals surface area contributed by atoms with Gasteiger partial charge in [-0.2, -0.15) is 0 Å². The number of benzene rings is 2. The number of anilines is 1. The highest BCUT2D eigenvalue weighted by atomic mass is 32.1. The second-order valence-electron chi connectivity index (χ2n) is 6.87. The molecule has 5 nitrogen and oxygen atoms in total. The molecule has 0 saturated heterocycles. The topological polar surface area (TPSA) is 61.9 Å². The van der Waals surface area contributed by atoms with Gasteiger partial charge in [0.1, 0.15) is 0 Å². The van der Waals surface area contributed by atoms with E-state index in [1.54, 1.807) is 18.4 Å². The highest BCUT2D eigenvalue weighted by Gasteiger charge is 2.26. The Morgan fingerprint density at radius 3 is 2.48 bits per heavy atom. The molecule has 3 aromatic rings. The third-order valence-corrected chi connectivity index (χ3v) is 6.52. The molecule has 2 N–H and O–H groups in total. The maximum Gasteiger partial charge on any atom is 0.231 e. The van der Waals surface area contributed by atoms with Crippen LogP contribution in [0.1, 0.15) is 31.9 Å². The Kier molecular flexibility index (Phi) is 4.52. The number of carbonyl (C=O) groups is 1. The van der Waals surface area contributed by atoms with Gasteiger partial charge in [-0.15, -0.1) is 11.3 Å². The lowest BCUT2D eigenvalue weighted by Gasteiger charge is -2.25. The Balaban J connectivity index is 1.82. The third kappa shape index (κ3) is 3.04. The van der Waals surface area contributed by atoms with Crippen LogP contribution in [0.25, 0.3) is 20.2 Å². The van der Waals surface area contributed by atoms with Crippen LogP contribution in [-0.4, -0.2) is 36.9 Å². The SMILES string of the molecule is CCN(CC)c1ccc2sc3ccc(C4CC(=O)N(C)C(N)=N4)cc3c2c1. The minimum absolute atomic E-state index is 0.00610. The van der Waals surface area contributed by atoms with Gasteiger partial charge in [-0.05, 0) is 49.7 Å². The van der Waals surface area contributed by atoms with E-state index in [0.717, 1.165) is 18.7 Å². The summed E-state index contributed by atoms with van der Waals surface area (Å²) in [6.07, 6.45) is 0.357. The normalized spacial score (nSPS) is 17.6. The van der Waals surface area contributed by atoms with Crippen LogP contribution in [0, 0.1) is 0 Å². The van der Waals surface area contributed by atoms with E-state index in [1.165, 1.54) is 30.8 Å². The van der Waals surface area contributed by atoms with Crippen LogP contribution in [0.4, 0.5) is 5.69 Å². The van der Waals surface area contributed by atoms with E-state index in [-0.39, 0.29) is 17.9 Å². The molecule has 1 atom stereocenters. The van der Waals surface area contributed by atoms with Gasteiger partial charge in [0, 0.05) is 46.0 Å². The fourth-order valence-electron chi connectivity index (χ4n) is 3.69. The molecule has 0 bridgehead atoms. The van der Waals surface area contributed by atoms with Crippen molar-refractivity contribution in [3.05, 3.63) is 42.0 Å². The van der Waals surface area contributed by atoms with Crippen LogP contribution in [0.2, 0.25) is 0 Å². The first-order valence-electron chi connectivity index (χ1n) is 9.32. The number of hydrogen-bond acceptors (Lipinski definition) is 5. The lowest BCUT2D eigenvalue weighted by atomic mass is 10.00. The van der Waals surface area contributed by atoms with Gasteiger partial charge < -0.3 is 10.6 Å². The van der Waals surface area contributed by atoms with Gasteiger partial charge >= 0.3 is 0 Å². The lowest BCUT2D eigenvalue weighted by Crippen LogP contribution is -2.42. The van der Waals surface area contributed by atoms with E-state index < -0.39 is 0 Å². The van der Waals surface area contributed by atoms with Crippen molar-refractivity contribution >= 4 is 49.1 Å². The first-order valence-corrected chi connectivity index (χ1v) is 10.1. The Hall–Kier alpha value is -2.60. The van der Waals surface area contributed by atoms with Crippen LogP contribution in [0.3, 0.4) is 0 Å². The number of rotatable bonds is 4. The van der Waals surface area contributed by atoms with E-state index in [0.29, 0.717) is 6.42 Å². The smallest absolute Gasteiger partial charge is 0.231 e. The second kappa shape index (κ2) is 6.85. The summed E-state index contributed by atoms with van der Waals surface area (Å²) in [6.45, 7) is 6.33. The first-order chi connectivity index (χ1) is 13.0. The van der Waals surface area contributed by atoms with Crippen molar-refractivity contribution in [1.82, 2.24) is 4.90 Å². The minimum Gasteiger partial charge on any atom is -0.372 e. The molecule has 1 aliphatic heterocycles. The van der Waals surface area contributed by atoms with Gasteiger partial charge in [-0.1, -0.05) is 6.07 Å². The number of amides is 1. The van der Waals surface area contributed by atoms with Crippen LogP contribution in [0.15, 0.2) is 41.4 Å². The number of nitrogens with two attached hydrogens (primary N) is 1. The molecule has 140 valence electrons. The zero-order valence-corrected chi connectivity index (χ0v) is 16.7. The van der Waals surface area contributed by atoms with Gasteiger partial charge in [-0.3, -0.25) is 9.69 Å². The van der Waals surface area contributed by atoms with Gasteiger partial charge in [0.05, 0.1) is 12.5 Å². The summed E-state index contributed by atoms with van der Waals surface area (Å²) < 4.78 is 2.53. The van der Waals surface area contributed by atoms with Crippen molar-refractivity contribution in [2.75, 3.05) is 25.0 Å². The average Bonchev–Trinajstić information content (AvgIpc) is 3.04. The summed E-state index contributed by atoms with van der Waals surface area (Å²) in [6, 6.07) is 12.9. The van der Waals surface area contributed by atoms with Crippen LogP contribution in [-0.2, 0) is 4.79 Å². The molecule has 1 amide bonds. The molecule has 4 rings (SSSR count). The van der Waals surface area contributed by atoms with E-state index in [2.05, 4.69) is 60.1 Å². The standard InChI is InChI=1S/C21H24N4OS/c1-4-25(5-2)14-7-9-19-16(11-14)15-10-13(6-8-18(15)27-19)17-12-20(26)24(3)21(22)23-17/h6-11,17H,4-5,12H2,1-3H3,(H2,22,23). The molecule has 2 aromatic carbocycles. The number of nitrogens with zero attached hydrogens (tertiary/aromatic N) is 3. The van der Waals surface area contributed by atoms with E-state index in [9.17, 15) is 4.79 Å². The molecule has 0 radical (unpaired) electrons. The summed E-state index contributed by atoms with van der Waals surface area (Å²) in [7, 11) is 1.67. The maximum absolute atomic E-state index is 12.2. The zero-order valence-electron chi connectivity index (χ0n) is 15.9. The third-order valence-electron chi connectivity index (χ3n) is 5.36. The number of fused-ring (bicyclic) bond motifs is 3. The van der Waals surface area contributed by atoms with E-state index in [4.69, 9.17) is 5.73 Å². The van der Waals surface area contributed by atoms with E-state index in [1.807, 2.05) is 0 Å². The Morgan fingerprint density at radius 1 is 1.15 bits per heavy atom. The summed E-state index contributed by atoms with van der Waals surface area (Å²) in [5, 5.41) is 2.49. The van der Waals surface area contributed by atoms with Crippen LogP contribution < -0.4 is 10.6 Å². The summed E-state index contributed by atoms with van der Waals surface area (Å²) in [5.74, 6) is 0.293. The second-order valence-corrected chi connectivity index (χ2v) is 7.95. The fraction of sp³-hybridized carbons (Fsp3) is 0.333.